The Balaban J connectivity index is 0.00000141. The van der Waals surface area contributed by atoms with Crippen molar-refractivity contribution in [1.29, 1.82) is 0 Å². The lowest BCUT2D eigenvalue weighted by Gasteiger charge is -2.06. The van der Waals surface area contributed by atoms with Gasteiger partial charge < -0.3 is 9.78 Å². The number of hydrogen-bond acceptors (Lipinski definition) is 2. The molecule has 0 aliphatic rings. The number of nitrogens with zero attached hydrogens (tertiary/aromatic N) is 1. The molecule has 160 valence electrons. The summed E-state index contributed by atoms with van der Waals surface area (Å²) in [5, 5.41) is 0.625. The Labute approximate surface area is 193 Å². The quantitative estimate of drug-likeness (QED) is 0.320. The molecule has 0 spiro atoms. The highest BCUT2D eigenvalue weighted by Gasteiger charge is 2.12. The summed E-state index contributed by atoms with van der Waals surface area (Å²) in [7, 11) is 0. The number of benzene rings is 2. The van der Waals surface area contributed by atoms with E-state index in [4.69, 9.17) is 21.4 Å². The molecule has 0 radical (unpaired) electrons. The number of allylic oxidation sites excluding steroid dienone is 5. The highest BCUT2D eigenvalue weighted by atomic mass is 35.5. The van der Waals surface area contributed by atoms with E-state index in [0.29, 0.717) is 5.02 Å². The fraction of sp³-hybridized carbons (Fsp3) is 0.0714. The molecule has 0 unspecified atom stereocenters. The second-order valence-corrected chi connectivity index (χ2v) is 7.86. The third-order valence-corrected chi connectivity index (χ3v) is 5.16. The summed E-state index contributed by atoms with van der Waals surface area (Å²) in [5.74, 6) is 0. The Hall–Kier alpha value is -3.69. The maximum atomic E-state index is 8.00. The van der Waals surface area contributed by atoms with E-state index in [-0.39, 0.29) is 0 Å². The first-order valence-corrected chi connectivity index (χ1v) is 10.5. The van der Waals surface area contributed by atoms with Crippen LogP contribution in [-0.4, -0.2) is 16.8 Å². The minimum atomic E-state index is 0.625. The zero-order valence-electron chi connectivity index (χ0n) is 18.2. The number of halogens is 1. The number of rotatable bonds is 5. The van der Waals surface area contributed by atoms with Crippen LogP contribution in [0.1, 0.15) is 19.5 Å². The molecule has 0 saturated carbocycles. The Kier molecular flexibility index (Phi) is 7.58. The minimum Gasteiger partial charge on any atom is -0.353 e. The second-order valence-electron chi connectivity index (χ2n) is 7.46. The SMILES string of the molecule is C=C/C=C(\C=C(C)C)c1cc2nc(-c3ccc(-c4ccccc4)cc3)c(Cl)cc2[nH]1.C=O. The Bertz CT molecular complexity index is 1280. The van der Waals surface area contributed by atoms with E-state index in [2.05, 4.69) is 74.0 Å². The summed E-state index contributed by atoms with van der Waals surface area (Å²) in [4.78, 5) is 16.3. The Morgan fingerprint density at radius 3 is 2.19 bits per heavy atom. The summed E-state index contributed by atoms with van der Waals surface area (Å²) in [5.41, 5.74) is 9.20. The van der Waals surface area contributed by atoms with Crippen LogP contribution in [0, 0.1) is 0 Å². The van der Waals surface area contributed by atoms with Gasteiger partial charge in [0.25, 0.3) is 0 Å². The molecule has 2 aromatic carbocycles. The summed E-state index contributed by atoms with van der Waals surface area (Å²) in [6.07, 6.45) is 5.90. The van der Waals surface area contributed by atoms with Gasteiger partial charge in [0.1, 0.15) is 6.79 Å². The molecule has 3 nitrogen and oxygen atoms in total. The van der Waals surface area contributed by atoms with Crippen LogP contribution in [0.4, 0.5) is 0 Å². The van der Waals surface area contributed by atoms with Crippen molar-refractivity contribution in [2.75, 3.05) is 0 Å². The summed E-state index contributed by atoms with van der Waals surface area (Å²) >= 11 is 6.60. The van der Waals surface area contributed by atoms with Gasteiger partial charge in [-0.1, -0.05) is 96.6 Å². The first-order valence-electron chi connectivity index (χ1n) is 10.2. The van der Waals surface area contributed by atoms with E-state index < -0.39 is 0 Å². The van der Waals surface area contributed by atoms with Crippen molar-refractivity contribution in [1.82, 2.24) is 9.97 Å². The zero-order valence-corrected chi connectivity index (χ0v) is 19.0. The van der Waals surface area contributed by atoms with Gasteiger partial charge in [-0.05, 0) is 42.7 Å². The van der Waals surface area contributed by atoms with Gasteiger partial charge in [0.15, 0.2) is 0 Å². The average Bonchev–Trinajstić information content (AvgIpc) is 3.23. The van der Waals surface area contributed by atoms with Crippen molar-refractivity contribution in [3.63, 3.8) is 0 Å². The van der Waals surface area contributed by atoms with Crippen molar-refractivity contribution >= 4 is 35.0 Å². The van der Waals surface area contributed by atoms with Gasteiger partial charge in [-0.25, -0.2) is 4.98 Å². The van der Waals surface area contributed by atoms with Gasteiger partial charge in [0.05, 0.1) is 21.7 Å². The molecule has 1 N–H and O–H groups in total. The molecule has 0 atom stereocenters. The largest absolute Gasteiger partial charge is 0.353 e. The summed E-state index contributed by atoms with van der Waals surface area (Å²) in [6, 6.07) is 22.7. The van der Waals surface area contributed by atoms with Gasteiger partial charge in [0.2, 0.25) is 0 Å². The highest BCUT2D eigenvalue weighted by molar-refractivity contribution is 6.33. The molecule has 0 aliphatic carbocycles. The molecule has 0 saturated heterocycles. The zero-order chi connectivity index (χ0) is 23.1. The van der Waals surface area contributed by atoms with Crippen molar-refractivity contribution in [3.8, 4) is 22.4 Å². The normalized spacial score (nSPS) is 10.9. The lowest BCUT2D eigenvalue weighted by molar-refractivity contribution is -0.0979. The lowest BCUT2D eigenvalue weighted by Crippen LogP contribution is -1.86. The van der Waals surface area contributed by atoms with E-state index in [0.717, 1.165) is 33.6 Å². The molecular weight excluding hydrogens is 416 g/mol. The Morgan fingerprint density at radius 1 is 0.938 bits per heavy atom. The van der Waals surface area contributed by atoms with E-state index in [1.807, 2.05) is 37.1 Å². The van der Waals surface area contributed by atoms with Crippen LogP contribution < -0.4 is 0 Å². The number of H-pyrrole nitrogens is 1. The summed E-state index contributed by atoms with van der Waals surface area (Å²) in [6.45, 7) is 9.98. The molecule has 0 fully saturated rings. The molecular formula is C28H25ClN2O. The van der Waals surface area contributed by atoms with Gasteiger partial charge in [-0.15, -0.1) is 0 Å². The van der Waals surface area contributed by atoms with Crippen molar-refractivity contribution < 1.29 is 4.79 Å². The van der Waals surface area contributed by atoms with Crippen LogP contribution in [0.25, 0.3) is 39.0 Å². The third kappa shape index (κ3) is 5.13. The van der Waals surface area contributed by atoms with Gasteiger partial charge >= 0.3 is 0 Å². The number of carbonyl (C=O) groups excluding carboxylic acids is 1. The number of carbonyl (C=O) groups is 1. The number of pyridine rings is 1. The molecule has 4 rings (SSSR count). The molecule has 0 bridgehead atoms. The molecule has 0 aliphatic heterocycles. The monoisotopic (exact) mass is 440 g/mol. The van der Waals surface area contributed by atoms with E-state index in [1.165, 1.54) is 16.7 Å². The summed E-state index contributed by atoms with van der Waals surface area (Å²) < 4.78 is 0. The van der Waals surface area contributed by atoms with Crippen molar-refractivity contribution in [2.24, 2.45) is 0 Å². The standard InChI is InChI=1S/C27H23ClN2.CH2O/c1-4-8-22(15-18(2)3)24-17-26-25(29-24)16-23(28)27(30-26)21-13-11-20(12-14-21)19-9-6-5-7-10-19;1-2/h4-17,29H,1H2,2-3H3;1H2/b22-8+;. The van der Waals surface area contributed by atoms with Crippen molar-refractivity contribution in [2.45, 2.75) is 13.8 Å². The van der Waals surface area contributed by atoms with Crippen molar-refractivity contribution in [3.05, 3.63) is 108 Å². The van der Waals surface area contributed by atoms with Crippen LogP contribution in [0.3, 0.4) is 0 Å². The fourth-order valence-electron chi connectivity index (χ4n) is 3.49. The third-order valence-electron chi connectivity index (χ3n) is 4.87. The molecule has 2 aromatic heterocycles. The van der Waals surface area contributed by atoms with E-state index in [1.54, 1.807) is 6.08 Å². The Morgan fingerprint density at radius 2 is 1.56 bits per heavy atom. The van der Waals surface area contributed by atoms with Crippen LogP contribution >= 0.6 is 11.6 Å². The molecule has 4 aromatic rings. The number of aromatic nitrogens is 2. The highest BCUT2D eigenvalue weighted by Crippen LogP contribution is 2.32. The fourth-order valence-corrected chi connectivity index (χ4v) is 3.75. The van der Waals surface area contributed by atoms with E-state index in [9.17, 15) is 0 Å². The average molecular weight is 441 g/mol. The maximum absolute atomic E-state index is 8.00. The lowest BCUT2D eigenvalue weighted by atomic mass is 10.0. The molecule has 2 heterocycles. The first kappa shape index (κ1) is 23.0. The molecule has 4 heteroatoms. The number of aromatic amines is 1. The second kappa shape index (κ2) is 10.6. The van der Waals surface area contributed by atoms with Crippen LogP contribution in [0.5, 0.6) is 0 Å². The number of nitrogens with one attached hydrogen (secondary N) is 1. The molecule has 32 heavy (non-hydrogen) atoms. The van der Waals surface area contributed by atoms with Crippen LogP contribution in [0.15, 0.2) is 97.1 Å². The minimum absolute atomic E-state index is 0.625. The van der Waals surface area contributed by atoms with Crippen LogP contribution in [-0.2, 0) is 4.79 Å². The number of hydrogen-bond donors (Lipinski definition) is 1. The topological polar surface area (TPSA) is 45.8 Å². The predicted octanol–water partition coefficient (Wildman–Crippen LogP) is 7.90. The van der Waals surface area contributed by atoms with Gasteiger partial charge in [-0.3, -0.25) is 0 Å². The predicted molar refractivity (Wildman–Crippen MR) is 137 cm³/mol. The first-order chi connectivity index (χ1) is 15.5. The number of fused-ring (bicyclic) bond motifs is 1. The smallest absolute Gasteiger partial charge is 0.106 e. The molecule has 0 amide bonds. The van der Waals surface area contributed by atoms with Gasteiger partial charge in [0, 0.05) is 11.3 Å². The van der Waals surface area contributed by atoms with Crippen LogP contribution in [0.2, 0.25) is 5.02 Å². The maximum Gasteiger partial charge on any atom is 0.106 e. The van der Waals surface area contributed by atoms with Gasteiger partial charge in [-0.2, -0.15) is 0 Å². The van der Waals surface area contributed by atoms with E-state index >= 15 is 0 Å².